The Morgan fingerprint density at radius 3 is 1.21 bits per heavy atom. The van der Waals surface area contributed by atoms with E-state index >= 15 is 0 Å². The average Bonchev–Trinajstić information content (AvgIpc) is 3.50. The molecule has 4 heteroatoms. The van der Waals surface area contributed by atoms with Crippen molar-refractivity contribution in [3.8, 4) is 20.9 Å². The van der Waals surface area contributed by atoms with Gasteiger partial charge in [-0.2, -0.15) is 0 Å². The second-order valence-corrected chi connectivity index (χ2v) is 10.3. The zero-order valence-corrected chi connectivity index (χ0v) is 21.7. The van der Waals surface area contributed by atoms with Crippen LogP contribution in [-0.2, 0) is 0 Å². The summed E-state index contributed by atoms with van der Waals surface area (Å²) in [5.74, 6) is 0. The van der Waals surface area contributed by atoms with Crippen molar-refractivity contribution in [2.45, 2.75) is 27.7 Å². The standard InChI is InChI=1S/C28H24N2S2.C2H6/c1-19-13-15-27(31-19)23-17-26(30-22-11-7-4-8-12-22)24(28-16-14-20(2)32-28)18-25(23)29-21-9-5-3-6-10-21;1-2/h3-18,29-30H,1-2H3;1-2H3. The van der Waals surface area contributed by atoms with Crippen LogP contribution in [0.25, 0.3) is 20.9 Å². The normalized spacial score (nSPS) is 10.4. The molecular formula is C30H30N2S2. The third-order valence-corrected chi connectivity index (χ3v) is 7.34. The van der Waals surface area contributed by atoms with E-state index in [1.165, 1.54) is 30.6 Å². The van der Waals surface area contributed by atoms with Gasteiger partial charge in [0.25, 0.3) is 0 Å². The largest absolute Gasteiger partial charge is 0.355 e. The van der Waals surface area contributed by atoms with Crippen LogP contribution in [0.5, 0.6) is 0 Å². The first kappa shape index (κ1) is 23.8. The Bertz CT molecular complexity index is 1230. The molecule has 34 heavy (non-hydrogen) atoms. The summed E-state index contributed by atoms with van der Waals surface area (Å²) in [6.07, 6.45) is 0. The van der Waals surface area contributed by atoms with Gasteiger partial charge >= 0.3 is 0 Å². The van der Waals surface area contributed by atoms with E-state index < -0.39 is 0 Å². The fourth-order valence-electron chi connectivity index (χ4n) is 3.73. The van der Waals surface area contributed by atoms with Gasteiger partial charge in [-0.15, -0.1) is 22.7 Å². The van der Waals surface area contributed by atoms with Crippen molar-refractivity contribution in [3.05, 3.63) is 107 Å². The predicted octanol–water partition coefficient (Wildman–Crippen LogP) is 10.3. The van der Waals surface area contributed by atoms with Crippen molar-refractivity contribution in [1.82, 2.24) is 0 Å². The average molecular weight is 483 g/mol. The molecule has 0 unspecified atom stereocenters. The molecule has 0 saturated heterocycles. The molecule has 2 N–H and O–H groups in total. The van der Waals surface area contributed by atoms with Gasteiger partial charge in [-0.1, -0.05) is 50.2 Å². The van der Waals surface area contributed by atoms with Gasteiger partial charge in [-0.3, -0.25) is 0 Å². The van der Waals surface area contributed by atoms with E-state index in [1.807, 2.05) is 48.7 Å². The number of hydrogen-bond donors (Lipinski definition) is 2. The molecule has 0 radical (unpaired) electrons. The molecule has 5 aromatic rings. The molecule has 0 saturated carbocycles. The Kier molecular flexibility index (Phi) is 7.84. The maximum atomic E-state index is 3.67. The van der Waals surface area contributed by atoms with Gasteiger partial charge in [0, 0.05) is 53.4 Å². The number of para-hydroxylation sites is 2. The summed E-state index contributed by atoms with van der Waals surface area (Å²) < 4.78 is 0. The first-order chi connectivity index (χ1) is 16.7. The van der Waals surface area contributed by atoms with Gasteiger partial charge in [-0.05, 0) is 74.5 Å². The van der Waals surface area contributed by atoms with Crippen molar-refractivity contribution in [3.63, 3.8) is 0 Å². The van der Waals surface area contributed by atoms with E-state index in [4.69, 9.17) is 0 Å². The van der Waals surface area contributed by atoms with Crippen molar-refractivity contribution in [1.29, 1.82) is 0 Å². The van der Waals surface area contributed by atoms with E-state index in [9.17, 15) is 0 Å². The second kappa shape index (κ2) is 11.2. The highest BCUT2D eigenvalue weighted by atomic mass is 32.1. The van der Waals surface area contributed by atoms with E-state index in [-0.39, 0.29) is 0 Å². The van der Waals surface area contributed by atoms with Crippen LogP contribution in [0.4, 0.5) is 22.7 Å². The van der Waals surface area contributed by atoms with Crippen molar-refractivity contribution in [2.24, 2.45) is 0 Å². The first-order valence-electron chi connectivity index (χ1n) is 11.6. The van der Waals surface area contributed by atoms with Gasteiger partial charge in [0.05, 0.1) is 0 Å². The highest BCUT2D eigenvalue weighted by Gasteiger charge is 2.16. The van der Waals surface area contributed by atoms with Crippen molar-refractivity contribution >= 4 is 45.4 Å². The lowest BCUT2D eigenvalue weighted by Crippen LogP contribution is -1.98. The van der Waals surface area contributed by atoms with Gasteiger partial charge in [-0.25, -0.2) is 0 Å². The number of anilines is 4. The molecule has 0 spiro atoms. The van der Waals surface area contributed by atoms with E-state index in [2.05, 4.69) is 109 Å². The zero-order valence-electron chi connectivity index (χ0n) is 20.1. The third kappa shape index (κ3) is 5.58. The van der Waals surface area contributed by atoms with Crippen LogP contribution < -0.4 is 10.6 Å². The SMILES string of the molecule is CC.Cc1ccc(-c2cc(Nc3ccccc3)c(-c3ccc(C)s3)cc2Nc2ccccc2)s1. The Morgan fingerprint density at radius 1 is 0.500 bits per heavy atom. The smallest absolute Gasteiger partial charge is 0.0480 e. The summed E-state index contributed by atoms with van der Waals surface area (Å²) in [6.45, 7) is 8.31. The fraction of sp³-hybridized carbons (Fsp3) is 0.133. The maximum Gasteiger partial charge on any atom is 0.0480 e. The van der Waals surface area contributed by atoms with Crippen LogP contribution in [0.15, 0.2) is 97.1 Å². The molecule has 5 rings (SSSR count). The zero-order chi connectivity index (χ0) is 23.9. The summed E-state index contributed by atoms with van der Waals surface area (Å²) in [5, 5.41) is 7.34. The molecule has 2 aromatic heterocycles. The molecule has 0 fully saturated rings. The van der Waals surface area contributed by atoms with Crippen LogP contribution >= 0.6 is 22.7 Å². The number of hydrogen-bond acceptors (Lipinski definition) is 4. The molecule has 0 bridgehead atoms. The van der Waals surface area contributed by atoms with Crippen LogP contribution in [0.3, 0.4) is 0 Å². The minimum Gasteiger partial charge on any atom is -0.355 e. The predicted molar refractivity (Wildman–Crippen MR) is 153 cm³/mol. The topological polar surface area (TPSA) is 24.1 Å². The van der Waals surface area contributed by atoms with Crippen LogP contribution in [0.2, 0.25) is 0 Å². The lowest BCUT2D eigenvalue weighted by atomic mass is 10.0. The van der Waals surface area contributed by atoms with Gasteiger partial charge in [0.2, 0.25) is 0 Å². The summed E-state index contributed by atoms with van der Waals surface area (Å²) >= 11 is 3.64. The Labute approximate surface area is 211 Å². The minimum atomic E-state index is 1.08. The van der Waals surface area contributed by atoms with Gasteiger partial charge in [0.1, 0.15) is 0 Å². The number of thiophene rings is 2. The molecule has 2 nitrogen and oxygen atoms in total. The molecule has 0 aliphatic rings. The monoisotopic (exact) mass is 482 g/mol. The first-order valence-corrected chi connectivity index (χ1v) is 13.2. The van der Waals surface area contributed by atoms with Crippen LogP contribution in [0.1, 0.15) is 23.6 Å². The molecule has 2 heterocycles. The molecule has 172 valence electrons. The van der Waals surface area contributed by atoms with Gasteiger partial charge in [0.15, 0.2) is 0 Å². The van der Waals surface area contributed by atoms with Crippen molar-refractivity contribution < 1.29 is 0 Å². The minimum absolute atomic E-state index is 1.08. The van der Waals surface area contributed by atoms with Crippen LogP contribution in [-0.4, -0.2) is 0 Å². The van der Waals surface area contributed by atoms with Gasteiger partial charge < -0.3 is 10.6 Å². The summed E-state index contributed by atoms with van der Waals surface area (Å²) in [6, 6.07) is 34.1. The Morgan fingerprint density at radius 2 is 0.882 bits per heavy atom. The molecule has 0 amide bonds. The Hall–Kier alpha value is -3.34. The molecule has 0 aliphatic carbocycles. The summed E-state index contributed by atoms with van der Waals surface area (Å²) in [5.41, 5.74) is 6.78. The van der Waals surface area contributed by atoms with E-state index in [1.54, 1.807) is 0 Å². The Balaban J connectivity index is 0.00000133. The number of benzene rings is 3. The number of nitrogens with one attached hydrogen (secondary N) is 2. The highest BCUT2D eigenvalue weighted by Crippen LogP contribution is 2.44. The van der Waals surface area contributed by atoms with Crippen LogP contribution in [0, 0.1) is 13.8 Å². The molecule has 0 atom stereocenters. The summed E-state index contributed by atoms with van der Waals surface area (Å²) in [4.78, 5) is 5.12. The van der Waals surface area contributed by atoms with E-state index in [0.29, 0.717) is 0 Å². The maximum absolute atomic E-state index is 3.67. The fourth-order valence-corrected chi connectivity index (χ4v) is 5.52. The molecular weight excluding hydrogens is 452 g/mol. The lowest BCUT2D eigenvalue weighted by Gasteiger charge is -2.18. The quantitative estimate of drug-likeness (QED) is 0.251. The third-order valence-electron chi connectivity index (χ3n) is 5.27. The second-order valence-electron chi connectivity index (χ2n) is 7.75. The molecule has 3 aromatic carbocycles. The van der Waals surface area contributed by atoms with Crippen molar-refractivity contribution in [2.75, 3.05) is 10.6 Å². The molecule has 0 aliphatic heterocycles. The highest BCUT2D eigenvalue weighted by molar-refractivity contribution is 7.15. The van der Waals surface area contributed by atoms with E-state index in [0.717, 1.165) is 22.7 Å². The number of aryl methyl sites for hydroxylation is 2. The lowest BCUT2D eigenvalue weighted by molar-refractivity contribution is 1.50. The summed E-state index contributed by atoms with van der Waals surface area (Å²) in [7, 11) is 0. The number of rotatable bonds is 6.